The highest BCUT2D eigenvalue weighted by Crippen LogP contribution is 2.24. The van der Waals surface area contributed by atoms with E-state index in [2.05, 4.69) is 5.32 Å². The number of rotatable bonds is 5. The number of ether oxygens (including phenoxy) is 1. The monoisotopic (exact) mass is 365 g/mol. The van der Waals surface area contributed by atoms with E-state index < -0.39 is 16.1 Å². The molecule has 0 spiro atoms. The lowest BCUT2D eigenvalue weighted by molar-refractivity contribution is -0.385. The number of para-hydroxylation sites is 1. The fourth-order valence-corrected chi connectivity index (χ4v) is 2.88. The Morgan fingerprint density at radius 3 is 2.54 bits per heavy atom. The second kappa shape index (κ2) is 8.01. The fourth-order valence-electron chi connectivity index (χ4n) is 2.88. The average Bonchev–Trinajstić information content (AvgIpc) is 2.54. The maximum absolute atomic E-state index is 12.1. The van der Waals surface area contributed by atoms with Crippen LogP contribution in [0.2, 0.25) is 0 Å². The van der Waals surface area contributed by atoms with Gasteiger partial charge in [0.05, 0.1) is 10.5 Å². The summed E-state index contributed by atoms with van der Waals surface area (Å²) in [6, 6.07) is 6.53. The summed E-state index contributed by atoms with van der Waals surface area (Å²) in [7, 11) is 0. The number of amides is 1. The highest BCUT2D eigenvalue weighted by atomic mass is 16.6. The van der Waals surface area contributed by atoms with Crippen LogP contribution in [0.1, 0.15) is 39.2 Å². The van der Waals surface area contributed by atoms with Crippen molar-refractivity contribution in [3.63, 3.8) is 0 Å². The Balaban J connectivity index is 1.83. The number of hydrogen-bond acceptors (Lipinski definition) is 6. The molecule has 1 amide bonds. The summed E-state index contributed by atoms with van der Waals surface area (Å²) in [5.41, 5.74) is -0.849. The Bertz CT molecular complexity index is 648. The van der Waals surface area contributed by atoms with Crippen LogP contribution in [0, 0.1) is 10.1 Å². The van der Waals surface area contributed by atoms with Crippen molar-refractivity contribution < 1.29 is 19.6 Å². The predicted octanol–water partition coefficient (Wildman–Crippen LogP) is 2.45. The molecule has 144 valence electrons. The lowest BCUT2D eigenvalue weighted by Crippen LogP contribution is -2.52. The third-order valence-electron chi connectivity index (χ3n) is 4.30. The third kappa shape index (κ3) is 5.67. The summed E-state index contributed by atoms with van der Waals surface area (Å²) in [5, 5.41) is 24.8. The van der Waals surface area contributed by atoms with Gasteiger partial charge in [-0.1, -0.05) is 18.2 Å². The Morgan fingerprint density at radius 1 is 1.35 bits per heavy atom. The summed E-state index contributed by atoms with van der Waals surface area (Å²) >= 11 is 0. The molecule has 26 heavy (non-hydrogen) atoms. The molecule has 1 aliphatic rings. The number of aliphatic hydroxyl groups is 1. The van der Waals surface area contributed by atoms with Gasteiger partial charge in [0.25, 0.3) is 5.69 Å². The van der Waals surface area contributed by atoms with E-state index in [0.717, 1.165) is 0 Å². The molecule has 0 atom stereocenters. The molecular formula is C18H27N3O5. The first-order valence-electron chi connectivity index (χ1n) is 8.73. The summed E-state index contributed by atoms with van der Waals surface area (Å²) in [4.78, 5) is 24.3. The zero-order valence-corrected chi connectivity index (χ0v) is 15.5. The van der Waals surface area contributed by atoms with Crippen LogP contribution < -0.4 is 5.32 Å². The minimum absolute atomic E-state index is 0.0618. The van der Waals surface area contributed by atoms with Crippen molar-refractivity contribution in [2.75, 3.05) is 19.6 Å². The van der Waals surface area contributed by atoms with E-state index in [4.69, 9.17) is 4.74 Å². The van der Waals surface area contributed by atoms with Crippen LogP contribution in [-0.2, 0) is 11.3 Å². The number of hydrogen-bond donors (Lipinski definition) is 2. The molecule has 0 radical (unpaired) electrons. The second-order valence-corrected chi connectivity index (χ2v) is 7.68. The smallest absolute Gasteiger partial charge is 0.410 e. The number of carbonyl (C=O) groups excluding carboxylic acids is 1. The molecule has 8 heteroatoms. The number of nitrogens with one attached hydrogen (secondary N) is 1. The SMILES string of the molecule is CC(C)(C)OC(=O)N1CCC(O)(CNCc2ccccc2[N+](=O)[O-])CC1. The molecule has 1 aliphatic heterocycles. The third-order valence-corrected chi connectivity index (χ3v) is 4.30. The molecule has 1 fully saturated rings. The zero-order valence-electron chi connectivity index (χ0n) is 15.5. The second-order valence-electron chi connectivity index (χ2n) is 7.68. The number of piperidine rings is 1. The molecule has 1 saturated heterocycles. The Hall–Kier alpha value is -2.19. The molecule has 0 aliphatic carbocycles. The summed E-state index contributed by atoms with van der Waals surface area (Å²) in [6.07, 6.45) is 0.485. The van der Waals surface area contributed by atoms with Crippen LogP contribution >= 0.6 is 0 Å². The fraction of sp³-hybridized carbons (Fsp3) is 0.611. The van der Waals surface area contributed by atoms with Crippen LogP contribution in [0.25, 0.3) is 0 Å². The molecule has 1 aromatic rings. The predicted molar refractivity (Wildman–Crippen MR) is 96.8 cm³/mol. The molecule has 0 bridgehead atoms. The highest BCUT2D eigenvalue weighted by Gasteiger charge is 2.35. The van der Waals surface area contributed by atoms with Crippen molar-refractivity contribution in [1.29, 1.82) is 0 Å². The average molecular weight is 365 g/mol. The number of benzene rings is 1. The maximum atomic E-state index is 12.1. The number of nitrogens with zero attached hydrogens (tertiary/aromatic N) is 2. The standard InChI is InChI=1S/C18H27N3O5/c1-17(2,3)26-16(22)20-10-8-18(23,9-11-20)13-19-12-14-6-4-5-7-15(14)21(24)25/h4-7,19,23H,8-13H2,1-3H3. The van der Waals surface area contributed by atoms with Crippen LogP contribution in [0.3, 0.4) is 0 Å². The Labute approximate surface area is 153 Å². The van der Waals surface area contributed by atoms with Crippen LogP contribution in [-0.4, -0.2) is 51.9 Å². The van der Waals surface area contributed by atoms with Crippen molar-refractivity contribution in [3.8, 4) is 0 Å². The first kappa shape index (κ1) is 20.1. The first-order valence-corrected chi connectivity index (χ1v) is 8.73. The summed E-state index contributed by atoms with van der Waals surface area (Å²) in [6.45, 7) is 6.89. The minimum atomic E-state index is -0.942. The van der Waals surface area contributed by atoms with Crippen molar-refractivity contribution in [3.05, 3.63) is 39.9 Å². The lowest BCUT2D eigenvalue weighted by Gasteiger charge is -2.38. The van der Waals surface area contributed by atoms with Crippen molar-refractivity contribution in [1.82, 2.24) is 10.2 Å². The topological polar surface area (TPSA) is 105 Å². The van der Waals surface area contributed by atoms with Crippen molar-refractivity contribution in [2.45, 2.75) is 51.4 Å². The van der Waals surface area contributed by atoms with Gasteiger partial charge in [-0.3, -0.25) is 10.1 Å². The maximum Gasteiger partial charge on any atom is 0.410 e. The van der Waals surface area contributed by atoms with Crippen LogP contribution in [0.15, 0.2) is 24.3 Å². The van der Waals surface area contributed by atoms with Gasteiger partial charge in [-0.15, -0.1) is 0 Å². The van der Waals surface area contributed by atoms with Crippen molar-refractivity contribution >= 4 is 11.8 Å². The van der Waals surface area contributed by atoms with E-state index in [-0.39, 0.29) is 11.8 Å². The molecule has 2 N–H and O–H groups in total. The number of nitro benzene ring substituents is 1. The van der Waals surface area contributed by atoms with Gasteiger partial charge >= 0.3 is 6.09 Å². The quantitative estimate of drug-likeness (QED) is 0.613. The van der Waals surface area contributed by atoms with E-state index in [1.54, 1.807) is 23.1 Å². The van der Waals surface area contributed by atoms with Gasteiger partial charge in [0, 0.05) is 37.8 Å². The molecule has 0 unspecified atom stereocenters. The molecule has 1 heterocycles. The number of carbonyl (C=O) groups is 1. The molecular weight excluding hydrogens is 338 g/mol. The van der Waals surface area contributed by atoms with Crippen LogP contribution in [0.4, 0.5) is 10.5 Å². The Morgan fingerprint density at radius 2 is 1.96 bits per heavy atom. The first-order chi connectivity index (χ1) is 12.1. The van der Waals surface area contributed by atoms with Gasteiger partial charge in [-0.2, -0.15) is 0 Å². The summed E-state index contributed by atoms with van der Waals surface area (Å²) in [5.74, 6) is 0. The normalized spacial score (nSPS) is 17.0. The molecule has 2 rings (SSSR count). The lowest BCUT2D eigenvalue weighted by atomic mass is 9.91. The molecule has 0 aromatic heterocycles. The van der Waals surface area contributed by atoms with Crippen LogP contribution in [0.5, 0.6) is 0 Å². The van der Waals surface area contributed by atoms with E-state index >= 15 is 0 Å². The van der Waals surface area contributed by atoms with E-state index in [0.29, 0.717) is 44.6 Å². The zero-order chi connectivity index (χ0) is 19.4. The number of nitro groups is 1. The number of likely N-dealkylation sites (tertiary alicyclic amines) is 1. The van der Waals surface area contributed by atoms with Gasteiger partial charge in [-0.25, -0.2) is 4.79 Å². The van der Waals surface area contributed by atoms with Gasteiger partial charge in [0.2, 0.25) is 0 Å². The highest BCUT2D eigenvalue weighted by molar-refractivity contribution is 5.68. The minimum Gasteiger partial charge on any atom is -0.444 e. The molecule has 1 aromatic carbocycles. The molecule has 8 nitrogen and oxygen atoms in total. The van der Waals surface area contributed by atoms with E-state index in [1.165, 1.54) is 6.07 Å². The van der Waals surface area contributed by atoms with Gasteiger partial charge in [-0.05, 0) is 33.6 Å². The van der Waals surface area contributed by atoms with E-state index in [1.807, 2.05) is 20.8 Å². The van der Waals surface area contributed by atoms with Gasteiger partial charge < -0.3 is 20.1 Å². The summed E-state index contributed by atoms with van der Waals surface area (Å²) < 4.78 is 5.35. The largest absolute Gasteiger partial charge is 0.444 e. The Kier molecular flexibility index (Phi) is 6.20. The van der Waals surface area contributed by atoms with Gasteiger partial charge in [0.1, 0.15) is 5.60 Å². The van der Waals surface area contributed by atoms with Gasteiger partial charge in [0.15, 0.2) is 0 Å². The molecule has 0 saturated carbocycles. The van der Waals surface area contributed by atoms with Crippen molar-refractivity contribution in [2.24, 2.45) is 0 Å². The van der Waals surface area contributed by atoms with E-state index in [9.17, 15) is 20.0 Å².